The molecule has 0 N–H and O–H groups in total. The highest BCUT2D eigenvalue weighted by atomic mass is 19.4. The molecule has 180 valence electrons. The molecule has 0 aromatic heterocycles. The Hall–Kier alpha value is -3.12. The van der Waals surface area contributed by atoms with Gasteiger partial charge in [0.15, 0.2) is 0 Å². The summed E-state index contributed by atoms with van der Waals surface area (Å²) in [5.41, 5.74) is -4.70. The third kappa shape index (κ3) is 5.14. The summed E-state index contributed by atoms with van der Waals surface area (Å²) in [4.78, 5) is 30.7. The SMILES string of the molecule is O=[N+]([O-])C(F)(C(F)OCC(COC(F)C(F)([N+](=O)[O-])[N+](=O)[O-])(N(F)F)N(F)F)[N+](=O)[O-]. The normalized spacial score (nSPS) is 15.0. The first kappa shape index (κ1) is 27.9. The molecule has 0 aromatic carbocycles. The van der Waals surface area contributed by atoms with Gasteiger partial charge in [0.1, 0.15) is 19.7 Å². The van der Waals surface area contributed by atoms with Crippen LogP contribution in [0, 0.1) is 40.5 Å². The fourth-order valence-corrected chi connectivity index (χ4v) is 1.38. The van der Waals surface area contributed by atoms with Gasteiger partial charge in [0.05, 0.1) is 23.9 Å². The van der Waals surface area contributed by atoms with Crippen molar-refractivity contribution in [3.63, 3.8) is 0 Å². The number of nitrogens with zero attached hydrogens (tertiary/aromatic N) is 6. The number of hydrogen-bond acceptors (Lipinski definition) is 12. The van der Waals surface area contributed by atoms with E-state index in [2.05, 4.69) is 9.47 Å². The molecule has 0 aliphatic rings. The highest BCUT2D eigenvalue weighted by Crippen LogP contribution is 2.31. The van der Waals surface area contributed by atoms with Crippen LogP contribution < -0.4 is 0 Å². The third-order valence-corrected chi connectivity index (χ3v) is 3.15. The fourth-order valence-electron chi connectivity index (χ4n) is 1.38. The van der Waals surface area contributed by atoms with Gasteiger partial charge < -0.3 is 9.47 Å². The zero-order valence-corrected chi connectivity index (χ0v) is 13.9. The predicted octanol–water partition coefficient (Wildman–Crippen LogP) is 0.803. The van der Waals surface area contributed by atoms with E-state index in [9.17, 15) is 75.9 Å². The van der Waals surface area contributed by atoms with Crippen LogP contribution in [0.25, 0.3) is 0 Å². The highest BCUT2D eigenvalue weighted by molar-refractivity contribution is 4.79. The van der Waals surface area contributed by atoms with Gasteiger partial charge in [0, 0.05) is 0 Å². The Morgan fingerprint density at radius 3 is 1.06 bits per heavy atom. The summed E-state index contributed by atoms with van der Waals surface area (Å²) in [6, 6.07) is 0. The van der Waals surface area contributed by atoms with E-state index in [1.807, 2.05) is 0 Å². The Kier molecular flexibility index (Phi) is 8.81. The first-order valence-electron chi connectivity index (χ1n) is 6.63. The van der Waals surface area contributed by atoms with Gasteiger partial charge in [-0.3, -0.25) is 40.5 Å². The van der Waals surface area contributed by atoms with Gasteiger partial charge in [-0.05, 0) is 0 Å². The molecular weight excluding hydrogens is 480 g/mol. The minimum atomic E-state index is -5.41. The van der Waals surface area contributed by atoms with E-state index in [1.165, 1.54) is 0 Å². The summed E-state index contributed by atoms with van der Waals surface area (Å²) in [5.74, 6) is -10.8. The maximum absolute atomic E-state index is 13.5. The summed E-state index contributed by atoms with van der Waals surface area (Å²) in [6.45, 7) is -5.49. The van der Waals surface area contributed by atoms with Crippen LogP contribution in [0.2, 0.25) is 0 Å². The summed E-state index contributed by atoms with van der Waals surface area (Å²) in [7, 11) is 0. The minimum Gasteiger partial charge on any atom is -0.330 e. The van der Waals surface area contributed by atoms with Crippen molar-refractivity contribution >= 4 is 0 Å². The van der Waals surface area contributed by atoms with E-state index < -0.39 is 73.8 Å². The molecule has 0 saturated carbocycles. The van der Waals surface area contributed by atoms with Crippen molar-refractivity contribution in [2.75, 3.05) is 13.2 Å². The molecule has 0 aliphatic carbocycles. The molecule has 16 nitrogen and oxygen atoms in total. The molecule has 24 heteroatoms. The molecule has 0 saturated heterocycles. The lowest BCUT2D eigenvalue weighted by Gasteiger charge is -2.32. The molecule has 0 aromatic rings. The molecule has 0 radical (unpaired) electrons. The Balaban J connectivity index is 5.81. The first-order chi connectivity index (χ1) is 13.9. The second-order valence-electron chi connectivity index (χ2n) is 5.00. The van der Waals surface area contributed by atoms with Crippen LogP contribution in [0.1, 0.15) is 0 Å². The molecule has 0 fully saturated rings. The topological polar surface area (TPSA) is 198 Å². The van der Waals surface area contributed by atoms with Crippen molar-refractivity contribution in [2.45, 2.75) is 30.2 Å². The Morgan fingerprint density at radius 2 is 0.903 bits per heavy atom. The van der Waals surface area contributed by atoms with Crippen LogP contribution in [-0.2, 0) is 9.47 Å². The van der Waals surface area contributed by atoms with E-state index >= 15 is 0 Å². The maximum Gasteiger partial charge on any atom is 0.671 e. The fraction of sp³-hybridized carbons (Fsp3) is 1.00. The molecule has 0 heterocycles. The van der Waals surface area contributed by atoms with Gasteiger partial charge in [-0.1, -0.05) is 26.7 Å². The van der Waals surface area contributed by atoms with Crippen molar-refractivity contribution in [2.24, 2.45) is 0 Å². The molecular formula is C7H6F8N6O10. The maximum atomic E-state index is 13.5. The van der Waals surface area contributed by atoms with Crippen molar-refractivity contribution in [1.29, 1.82) is 0 Å². The van der Waals surface area contributed by atoms with Crippen LogP contribution in [0.15, 0.2) is 0 Å². The van der Waals surface area contributed by atoms with Crippen LogP contribution in [0.4, 0.5) is 35.5 Å². The molecule has 0 aliphatic heterocycles. The second-order valence-corrected chi connectivity index (χ2v) is 5.00. The quantitative estimate of drug-likeness (QED) is 0.0837. The molecule has 0 bridgehead atoms. The predicted molar refractivity (Wildman–Crippen MR) is 68.2 cm³/mol. The van der Waals surface area contributed by atoms with Crippen molar-refractivity contribution in [3.8, 4) is 0 Å². The van der Waals surface area contributed by atoms with E-state index in [1.54, 1.807) is 0 Å². The molecule has 0 amide bonds. The molecule has 2 unspecified atom stereocenters. The number of halogens is 8. The minimum absolute atomic E-state index is 2.58. The molecule has 0 spiro atoms. The number of ether oxygens (including phenoxy) is 2. The van der Waals surface area contributed by atoms with Crippen LogP contribution in [0.5, 0.6) is 0 Å². The van der Waals surface area contributed by atoms with Gasteiger partial charge in [-0.25, -0.2) is 0 Å². The smallest absolute Gasteiger partial charge is 0.330 e. The standard InChI is InChI=1S/C7H6F8N6O10/c8-3(6(10,18(22)23)19(24)25)30-1-5(16(12)13,17(14)15)2-31-4(9)7(11,20(26)27)21(28)29/h3-4H,1-2H2. The molecule has 31 heavy (non-hydrogen) atoms. The van der Waals surface area contributed by atoms with E-state index in [4.69, 9.17) is 0 Å². The number of hydrogen-bond donors (Lipinski definition) is 0. The van der Waals surface area contributed by atoms with E-state index in [0.29, 0.717) is 0 Å². The summed E-state index contributed by atoms with van der Waals surface area (Å²) >= 11 is 0. The monoisotopic (exact) mass is 486 g/mol. The number of alkyl halides is 4. The van der Waals surface area contributed by atoms with Crippen LogP contribution >= 0.6 is 0 Å². The lowest BCUT2D eigenvalue weighted by atomic mass is 10.2. The second kappa shape index (κ2) is 9.79. The first-order valence-corrected chi connectivity index (χ1v) is 6.63. The Labute approximate surface area is 160 Å². The lowest BCUT2D eigenvalue weighted by Crippen LogP contribution is -2.60. The van der Waals surface area contributed by atoms with Gasteiger partial charge in [-0.2, -0.15) is 8.78 Å². The highest BCUT2D eigenvalue weighted by Gasteiger charge is 2.70. The van der Waals surface area contributed by atoms with Crippen LogP contribution in [0.3, 0.4) is 0 Å². The third-order valence-electron chi connectivity index (χ3n) is 3.15. The largest absolute Gasteiger partial charge is 0.671 e. The average molecular weight is 486 g/mol. The van der Waals surface area contributed by atoms with Crippen molar-refractivity contribution < 1.29 is 64.7 Å². The van der Waals surface area contributed by atoms with Gasteiger partial charge in [0.2, 0.25) is 5.66 Å². The van der Waals surface area contributed by atoms with E-state index in [0.717, 1.165) is 0 Å². The summed E-state index contributed by atoms with van der Waals surface area (Å²) in [5, 5.41) is 35.5. The summed E-state index contributed by atoms with van der Waals surface area (Å²) in [6.07, 6.45) is -8.92. The average Bonchev–Trinajstić information content (AvgIpc) is 2.64. The molecule has 0 rings (SSSR count). The van der Waals surface area contributed by atoms with Gasteiger partial charge in [0.25, 0.3) is 0 Å². The van der Waals surface area contributed by atoms with Crippen molar-refractivity contribution in [3.05, 3.63) is 40.5 Å². The Bertz CT molecular complexity index is 629. The van der Waals surface area contributed by atoms with E-state index in [-0.39, 0.29) is 0 Å². The zero-order chi connectivity index (χ0) is 24.9. The van der Waals surface area contributed by atoms with Gasteiger partial charge >= 0.3 is 24.5 Å². The summed E-state index contributed by atoms with van der Waals surface area (Å²) < 4.78 is 112. The number of rotatable bonds is 14. The molecule has 2 atom stereocenters. The number of nitro groups is 4. The Morgan fingerprint density at radius 1 is 0.677 bits per heavy atom. The zero-order valence-electron chi connectivity index (χ0n) is 13.9. The lowest BCUT2D eigenvalue weighted by molar-refractivity contribution is -0.847. The van der Waals surface area contributed by atoms with Crippen molar-refractivity contribution in [1.82, 2.24) is 10.7 Å². The van der Waals surface area contributed by atoms with Gasteiger partial charge in [-0.15, -0.1) is 0 Å². The van der Waals surface area contributed by atoms with Crippen LogP contribution in [-0.4, -0.2) is 73.8 Å².